The van der Waals surface area contributed by atoms with E-state index in [2.05, 4.69) is 51.6 Å². The molecule has 0 saturated carbocycles. The van der Waals surface area contributed by atoms with Crippen LogP contribution in [0.15, 0.2) is 65.6 Å². The zero-order chi connectivity index (χ0) is 19.6. The number of carbonyl (C=O) groups is 1. The zero-order valence-electron chi connectivity index (χ0n) is 15.6. The van der Waals surface area contributed by atoms with E-state index in [1.54, 1.807) is 11.9 Å². The van der Waals surface area contributed by atoms with Gasteiger partial charge in [-0.3, -0.25) is 4.79 Å². The van der Waals surface area contributed by atoms with Crippen LogP contribution in [0.1, 0.15) is 37.7 Å². The van der Waals surface area contributed by atoms with Crippen LogP contribution in [0.2, 0.25) is 0 Å². The molecule has 0 amide bonds. The zero-order valence-corrected chi connectivity index (χ0v) is 17.3. The lowest BCUT2D eigenvalue weighted by Crippen LogP contribution is -1.94. The maximum Gasteiger partial charge on any atom is 0.303 e. The number of anilines is 1. The molecule has 4 nitrogen and oxygen atoms in total. The fourth-order valence-electron chi connectivity index (χ4n) is 2.90. The average molecular weight is 413 g/mol. The summed E-state index contributed by atoms with van der Waals surface area (Å²) in [5, 5.41) is 9.69. The van der Waals surface area contributed by atoms with Gasteiger partial charge in [0.1, 0.15) is 5.00 Å². The van der Waals surface area contributed by atoms with Gasteiger partial charge in [-0.05, 0) is 60.4 Å². The lowest BCUT2D eigenvalue weighted by atomic mass is 10.1. The molecule has 3 rings (SSSR count). The second kappa shape index (κ2) is 10.9. The molecule has 0 bridgehead atoms. The van der Waals surface area contributed by atoms with Gasteiger partial charge in [0.15, 0.2) is 0 Å². The maximum atomic E-state index is 10.5. The SMILES string of the molecule is O=C(O)CCCCCCc1cccc(SNc2cc(-c3ccccc3)ns2)c1. The monoisotopic (exact) mass is 412 g/mol. The van der Waals surface area contributed by atoms with Crippen molar-refractivity contribution in [3.05, 3.63) is 66.2 Å². The summed E-state index contributed by atoms with van der Waals surface area (Å²) in [5.41, 5.74) is 3.44. The Labute approximate surface area is 174 Å². The number of carboxylic acids is 1. The molecule has 0 saturated heterocycles. The molecule has 6 heteroatoms. The Bertz CT molecular complexity index is 881. The Morgan fingerprint density at radius 3 is 2.64 bits per heavy atom. The Morgan fingerprint density at radius 1 is 1.00 bits per heavy atom. The topological polar surface area (TPSA) is 62.2 Å². The number of unbranched alkanes of at least 4 members (excludes halogenated alkanes) is 3. The van der Waals surface area contributed by atoms with E-state index < -0.39 is 5.97 Å². The first-order chi connectivity index (χ1) is 13.7. The number of benzene rings is 2. The Morgan fingerprint density at radius 2 is 1.82 bits per heavy atom. The van der Waals surface area contributed by atoms with Crippen LogP contribution in [0.4, 0.5) is 5.00 Å². The summed E-state index contributed by atoms with van der Waals surface area (Å²) in [6.07, 6.45) is 5.23. The normalized spacial score (nSPS) is 10.7. The van der Waals surface area contributed by atoms with Gasteiger partial charge < -0.3 is 9.83 Å². The van der Waals surface area contributed by atoms with Crippen LogP contribution in [0.5, 0.6) is 0 Å². The highest BCUT2D eigenvalue weighted by atomic mass is 32.2. The number of aliphatic carboxylic acids is 1. The van der Waals surface area contributed by atoms with Gasteiger partial charge in [0.2, 0.25) is 0 Å². The third-order valence-corrected chi connectivity index (χ3v) is 6.00. The molecule has 0 aliphatic rings. The summed E-state index contributed by atoms with van der Waals surface area (Å²) < 4.78 is 7.91. The highest BCUT2D eigenvalue weighted by Crippen LogP contribution is 2.29. The van der Waals surface area contributed by atoms with Crippen LogP contribution in [-0.4, -0.2) is 15.4 Å². The maximum absolute atomic E-state index is 10.5. The number of carboxylic acid groups (broad SMARTS) is 1. The summed E-state index contributed by atoms with van der Waals surface area (Å²) in [5.74, 6) is -0.700. The molecule has 1 heterocycles. The fourth-order valence-corrected chi connectivity index (χ4v) is 4.33. The molecule has 2 N–H and O–H groups in total. The number of hydrogen-bond donors (Lipinski definition) is 2. The predicted octanol–water partition coefficient (Wildman–Crippen LogP) is 6.51. The van der Waals surface area contributed by atoms with Gasteiger partial charge in [-0.25, -0.2) is 0 Å². The van der Waals surface area contributed by atoms with E-state index in [0.717, 1.165) is 48.4 Å². The molecule has 0 atom stereocenters. The molecule has 0 spiro atoms. The quantitative estimate of drug-likeness (QED) is 0.278. The molecule has 1 aromatic heterocycles. The van der Waals surface area contributed by atoms with Gasteiger partial charge in [0.25, 0.3) is 0 Å². The van der Waals surface area contributed by atoms with Crippen molar-refractivity contribution in [3.63, 3.8) is 0 Å². The standard InChI is InChI=1S/C22H24N2O2S2/c25-22(26)14-7-2-1-4-9-17-10-8-13-19(15-17)27-24-21-16-20(23-28-21)18-11-5-3-6-12-18/h3,5-6,8,10-13,15-16,24H,1-2,4,7,9,14H2,(H,25,26). The summed E-state index contributed by atoms with van der Waals surface area (Å²) in [6, 6.07) is 20.8. The number of aromatic nitrogens is 1. The average Bonchev–Trinajstić information content (AvgIpc) is 3.19. The molecule has 28 heavy (non-hydrogen) atoms. The smallest absolute Gasteiger partial charge is 0.303 e. The first-order valence-corrected chi connectivity index (χ1v) is 11.1. The molecular formula is C22H24N2O2S2. The summed E-state index contributed by atoms with van der Waals surface area (Å²) in [4.78, 5) is 11.7. The minimum Gasteiger partial charge on any atom is -0.481 e. The third kappa shape index (κ3) is 6.69. The van der Waals surface area contributed by atoms with Crippen molar-refractivity contribution in [1.29, 1.82) is 0 Å². The first-order valence-electron chi connectivity index (χ1n) is 9.46. The number of nitrogens with zero attached hydrogens (tertiary/aromatic N) is 1. The van der Waals surface area contributed by atoms with E-state index >= 15 is 0 Å². The van der Waals surface area contributed by atoms with Crippen molar-refractivity contribution in [3.8, 4) is 11.3 Å². The van der Waals surface area contributed by atoms with Crippen molar-refractivity contribution < 1.29 is 9.90 Å². The molecule has 146 valence electrons. The highest BCUT2D eigenvalue weighted by molar-refractivity contribution is 8.00. The van der Waals surface area contributed by atoms with Crippen molar-refractivity contribution >= 4 is 34.5 Å². The number of aryl methyl sites for hydroxylation is 1. The van der Waals surface area contributed by atoms with Gasteiger partial charge in [-0.15, -0.1) is 0 Å². The van der Waals surface area contributed by atoms with Gasteiger partial charge >= 0.3 is 5.97 Å². The van der Waals surface area contributed by atoms with Crippen LogP contribution in [0.3, 0.4) is 0 Å². The lowest BCUT2D eigenvalue weighted by Gasteiger charge is -2.06. The molecule has 2 aromatic carbocycles. The van der Waals surface area contributed by atoms with E-state index in [1.807, 2.05) is 18.2 Å². The van der Waals surface area contributed by atoms with Crippen LogP contribution >= 0.6 is 23.5 Å². The number of hydrogen-bond acceptors (Lipinski definition) is 5. The van der Waals surface area contributed by atoms with Crippen molar-refractivity contribution in [2.45, 2.75) is 43.4 Å². The highest BCUT2D eigenvalue weighted by Gasteiger charge is 2.05. The Kier molecular flexibility index (Phi) is 7.94. The molecule has 0 fully saturated rings. The second-order valence-electron chi connectivity index (χ2n) is 6.60. The summed E-state index contributed by atoms with van der Waals surface area (Å²) in [7, 11) is 0. The number of nitrogens with one attached hydrogen (secondary N) is 1. The molecule has 0 radical (unpaired) electrons. The predicted molar refractivity (Wildman–Crippen MR) is 118 cm³/mol. The molecule has 0 aliphatic heterocycles. The van der Waals surface area contributed by atoms with Gasteiger partial charge in [-0.2, -0.15) is 4.37 Å². The van der Waals surface area contributed by atoms with Gasteiger partial charge in [-0.1, -0.05) is 55.3 Å². The largest absolute Gasteiger partial charge is 0.481 e. The minimum atomic E-state index is -0.700. The van der Waals surface area contributed by atoms with E-state index in [4.69, 9.17) is 5.11 Å². The Balaban J connectivity index is 1.44. The third-order valence-electron chi connectivity index (χ3n) is 4.35. The minimum absolute atomic E-state index is 0.279. The van der Waals surface area contributed by atoms with Crippen LogP contribution in [0.25, 0.3) is 11.3 Å². The van der Waals surface area contributed by atoms with E-state index in [-0.39, 0.29) is 6.42 Å². The molecule has 0 unspecified atom stereocenters. The van der Waals surface area contributed by atoms with E-state index in [9.17, 15) is 4.79 Å². The van der Waals surface area contributed by atoms with Crippen LogP contribution in [0, 0.1) is 0 Å². The van der Waals surface area contributed by atoms with Crippen molar-refractivity contribution in [1.82, 2.24) is 4.37 Å². The van der Waals surface area contributed by atoms with Crippen LogP contribution < -0.4 is 4.72 Å². The summed E-state index contributed by atoms with van der Waals surface area (Å²) in [6.45, 7) is 0. The Hall–Kier alpha value is -2.31. The van der Waals surface area contributed by atoms with Gasteiger partial charge in [0, 0.05) is 22.9 Å². The molecular weight excluding hydrogens is 388 g/mol. The molecule has 3 aromatic rings. The fraction of sp³-hybridized carbons (Fsp3) is 0.273. The summed E-state index contributed by atoms with van der Waals surface area (Å²) >= 11 is 3.07. The van der Waals surface area contributed by atoms with Crippen molar-refractivity contribution in [2.75, 3.05) is 4.72 Å². The van der Waals surface area contributed by atoms with Crippen molar-refractivity contribution in [2.24, 2.45) is 0 Å². The van der Waals surface area contributed by atoms with Crippen LogP contribution in [-0.2, 0) is 11.2 Å². The molecule has 0 aliphatic carbocycles. The number of rotatable bonds is 11. The second-order valence-corrected chi connectivity index (χ2v) is 8.29. The van der Waals surface area contributed by atoms with Gasteiger partial charge in [0.05, 0.1) is 5.69 Å². The van der Waals surface area contributed by atoms with E-state index in [0.29, 0.717) is 0 Å². The lowest BCUT2D eigenvalue weighted by molar-refractivity contribution is -0.137. The van der Waals surface area contributed by atoms with E-state index in [1.165, 1.54) is 22.0 Å². The first kappa shape index (κ1) is 20.4.